The Bertz CT molecular complexity index is 617. The van der Waals surface area contributed by atoms with E-state index in [1.807, 2.05) is 19.1 Å². The van der Waals surface area contributed by atoms with Crippen LogP contribution in [0.1, 0.15) is 25.3 Å². The number of ether oxygens (including phenoxy) is 1. The van der Waals surface area contributed by atoms with Crippen molar-refractivity contribution in [2.75, 3.05) is 13.2 Å². The molecule has 2 rings (SSSR count). The number of hydrogen-bond donors (Lipinski definition) is 2. The van der Waals surface area contributed by atoms with Gasteiger partial charge in [0.05, 0.1) is 24.3 Å². The first kappa shape index (κ1) is 16.8. The Morgan fingerprint density at radius 1 is 1.50 bits per heavy atom. The molecule has 0 spiro atoms. The molecule has 0 saturated heterocycles. The summed E-state index contributed by atoms with van der Waals surface area (Å²) in [5.41, 5.74) is 3.81. The number of phenols is 1. The lowest BCUT2D eigenvalue weighted by molar-refractivity contribution is 0.116. The number of allylic oxidation sites excluding steroid dienone is 1. The molecular formula is C18H21ClO3. The van der Waals surface area contributed by atoms with E-state index in [1.165, 1.54) is 11.6 Å². The molecule has 4 heteroatoms. The van der Waals surface area contributed by atoms with E-state index in [0.717, 1.165) is 29.6 Å². The van der Waals surface area contributed by atoms with Crippen molar-refractivity contribution in [1.29, 1.82) is 0 Å². The fourth-order valence-corrected chi connectivity index (χ4v) is 2.74. The Kier molecular flexibility index (Phi) is 5.83. The predicted octanol–water partition coefficient (Wildman–Crippen LogP) is 4.10. The lowest BCUT2D eigenvalue weighted by Gasteiger charge is -2.16. The summed E-state index contributed by atoms with van der Waals surface area (Å²) < 4.78 is 5.68. The van der Waals surface area contributed by atoms with E-state index in [0.29, 0.717) is 11.6 Å². The maximum absolute atomic E-state index is 9.37. The molecule has 0 saturated carbocycles. The number of aliphatic hydroxyl groups excluding tert-OH is 1. The highest BCUT2D eigenvalue weighted by Gasteiger charge is 2.21. The zero-order valence-corrected chi connectivity index (χ0v) is 13.4. The van der Waals surface area contributed by atoms with Gasteiger partial charge in [0.1, 0.15) is 5.75 Å². The van der Waals surface area contributed by atoms with E-state index in [4.69, 9.17) is 16.3 Å². The molecule has 1 aromatic rings. The zero-order valence-electron chi connectivity index (χ0n) is 12.7. The third-order valence-corrected chi connectivity index (χ3v) is 4.06. The van der Waals surface area contributed by atoms with Crippen LogP contribution in [0.15, 0.2) is 47.6 Å². The van der Waals surface area contributed by atoms with Gasteiger partial charge in [-0.3, -0.25) is 0 Å². The highest BCUT2D eigenvalue weighted by atomic mass is 35.5. The van der Waals surface area contributed by atoms with Crippen molar-refractivity contribution >= 4 is 17.7 Å². The normalized spacial score (nSPS) is 18.4. The summed E-state index contributed by atoms with van der Waals surface area (Å²) in [7, 11) is 0. The minimum Gasteiger partial charge on any atom is -0.508 e. The first-order valence-corrected chi connectivity index (χ1v) is 7.65. The Balaban J connectivity index is 1.98. The second-order valence-electron chi connectivity index (χ2n) is 5.48. The van der Waals surface area contributed by atoms with E-state index in [9.17, 15) is 10.2 Å². The van der Waals surface area contributed by atoms with Gasteiger partial charge in [-0.25, -0.2) is 0 Å². The lowest BCUT2D eigenvalue weighted by atomic mass is 9.97. The van der Waals surface area contributed by atoms with Crippen LogP contribution in [0.3, 0.4) is 0 Å². The topological polar surface area (TPSA) is 49.7 Å². The fraction of sp³-hybridized carbons (Fsp3) is 0.333. The van der Waals surface area contributed by atoms with Gasteiger partial charge < -0.3 is 14.9 Å². The molecule has 1 atom stereocenters. The Morgan fingerprint density at radius 2 is 2.27 bits per heavy atom. The second-order valence-corrected chi connectivity index (χ2v) is 5.89. The largest absolute Gasteiger partial charge is 0.508 e. The van der Waals surface area contributed by atoms with Crippen LogP contribution < -0.4 is 0 Å². The minimum absolute atomic E-state index is 0.00158. The van der Waals surface area contributed by atoms with Gasteiger partial charge >= 0.3 is 0 Å². The van der Waals surface area contributed by atoms with E-state index in [2.05, 4.69) is 6.58 Å². The Labute approximate surface area is 136 Å². The maximum Gasteiger partial charge on any atom is 0.117 e. The van der Waals surface area contributed by atoms with Crippen LogP contribution >= 0.6 is 11.6 Å². The van der Waals surface area contributed by atoms with Crippen LogP contribution in [0.2, 0.25) is 5.02 Å². The van der Waals surface area contributed by atoms with Gasteiger partial charge in [-0.15, -0.1) is 0 Å². The highest BCUT2D eigenvalue weighted by molar-refractivity contribution is 6.32. The van der Waals surface area contributed by atoms with Gasteiger partial charge in [-0.1, -0.05) is 35.9 Å². The SMILES string of the molecule is C=C(CO)C1=CCOC1CC/C(C)=C/c1ccc(O)cc1Cl. The molecule has 0 aliphatic carbocycles. The average molecular weight is 321 g/mol. The van der Waals surface area contributed by atoms with E-state index >= 15 is 0 Å². The van der Waals surface area contributed by atoms with Crippen molar-refractivity contribution in [3.8, 4) is 5.75 Å². The third-order valence-electron chi connectivity index (χ3n) is 3.73. The summed E-state index contributed by atoms with van der Waals surface area (Å²) in [6.45, 7) is 6.45. The lowest BCUT2D eigenvalue weighted by Crippen LogP contribution is -2.12. The van der Waals surface area contributed by atoms with Gasteiger partial charge in [0, 0.05) is 0 Å². The molecule has 0 amide bonds. The summed E-state index contributed by atoms with van der Waals surface area (Å²) in [5.74, 6) is 0.163. The van der Waals surface area contributed by atoms with E-state index in [1.54, 1.807) is 12.1 Å². The van der Waals surface area contributed by atoms with Crippen molar-refractivity contribution in [2.45, 2.75) is 25.9 Å². The molecule has 3 nitrogen and oxygen atoms in total. The van der Waals surface area contributed by atoms with Gasteiger partial charge in [-0.05, 0) is 54.7 Å². The van der Waals surface area contributed by atoms with E-state index in [-0.39, 0.29) is 18.5 Å². The molecule has 0 bridgehead atoms. The van der Waals surface area contributed by atoms with Crippen molar-refractivity contribution in [3.05, 3.63) is 58.2 Å². The monoisotopic (exact) mass is 320 g/mol. The Morgan fingerprint density at radius 3 is 2.95 bits per heavy atom. The van der Waals surface area contributed by atoms with Crippen molar-refractivity contribution < 1.29 is 14.9 Å². The molecule has 2 N–H and O–H groups in total. The quantitative estimate of drug-likeness (QED) is 0.829. The molecule has 1 aliphatic heterocycles. The number of rotatable bonds is 6. The summed E-state index contributed by atoms with van der Waals surface area (Å²) in [4.78, 5) is 0. The first-order valence-electron chi connectivity index (χ1n) is 7.27. The molecule has 1 unspecified atom stereocenters. The number of aliphatic hydroxyl groups is 1. The summed E-state index contributed by atoms with van der Waals surface area (Å²) in [6.07, 6.45) is 5.69. The van der Waals surface area contributed by atoms with E-state index < -0.39 is 0 Å². The second kappa shape index (κ2) is 7.63. The summed E-state index contributed by atoms with van der Waals surface area (Å²) >= 11 is 6.11. The first-order chi connectivity index (χ1) is 10.5. The van der Waals surface area contributed by atoms with Crippen LogP contribution in [-0.4, -0.2) is 29.5 Å². The molecule has 1 aliphatic rings. The minimum atomic E-state index is -0.0381. The van der Waals surface area contributed by atoms with Crippen molar-refractivity contribution in [1.82, 2.24) is 0 Å². The molecule has 0 radical (unpaired) electrons. The number of benzene rings is 1. The van der Waals surface area contributed by atoms with Crippen LogP contribution in [0, 0.1) is 0 Å². The molecule has 118 valence electrons. The summed E-state index contributed by atoms with van der Waals surface area (Å²) in [5, 5.41) is 19.1. The van der Waals surface area contributed by atoms with Crippen LogP contribution in [0.4, 0.5) is 0 Å². The van der Waals surface area contributed by atoms with Crippen LogP contribution in [0.25, 0.3) is 6.08 Å². The predicted molar refractivity (Wildman–Crippen MR) is 90.1 cm³/mol. The zero-order chi connectivity index (χ0) is 16.1. The number of aromatic hydroxyl groups is 1. The molecule has 1 aromatic carbocycles. The standard InChI is InChI=1S/C18H21ClO3/c1-12(9-14-4-5-15(21)10-17(14)19)3-6-18-16(7-8-22-18)13(2)11-20/h4-5,7,9-10,18,20-21H,2-3,6,8,11H2,1H3/b12-9+. The summed E-state index contributed by atoms with van der Waals surface area (Å²) in [6, 6.07) is 4.95. The van der Waals surface area contributed by atoms with Gasteiger partial charge in [-0.2, -0.15) is 0 Å². The molecule has 0 aromatic heterocycles. The molecule has 0 fully saturated rings. The number of phenolic OH excluding ortho intramolecular Hbond substituents is 1. The van der Waals surface area contributed by atoms with Gasteiger partial charge in [0.15, 0.2) is 0 Å². The Hall–Kier alpha value is -1.55. The van der Waals surface area contributed by atoms with Gasteiger partial charge in [0.25, 0.3) is 0 Å². The third kappa shape index (κ3) is 4.23. The highest BCUT2D eigenvalue weighted by Crippen LogP contribution is 2.28. The number of hydrogen-bond acceptors (Lipinski definition) is 3. The van der Waals surface area contributed by atoms with Crippen molar-refractivity contribution in [3.63, 3.8) is 0 Å². The maximum atomic E-state index is 9.37. The van der Waals surface area contributed by atoms with Crippen molar-refractivity contribution in [2.24, 2.45) is 0 Å². The fourth-order valence-electron chi connectivity index (χ4n) is 2.51. The van der Waals surface area contributed by atoms with Crippen LogP contribution in [0.5, 0.6) is 5.75 Å². The van der Waals surface area contributed by atoms with Gasteiger partial charge in [0.2, 0.25) is 0 Å². The number of halogens is 1. The smallest absolute Gasteiger partial charge is 0.117 e. The average Bonchev–Trinajstić information content (AvgIpc) is 2.95. The molecular weight excluding hydrogens is 300 g/mol. The van der Waals surface area contributed by atoms with Crippen LogP contribution in [-0.2, 0) is 4.74 Å². The molecule has 22 heavy (non-hydrogen) atoms. The molecule has 1 heterocycles.